The number of aliphatic hydroxyl groups is 1. The van der Waals surface area contributed by atoms with Crippen molar-refractivity contribution in [3.8, 4) is 5.75 Å². The first-order valence-corrected chi connectivity index (χ1v) is 28.3. The Labute approximate surface area is 435 Å². The molecule has 0 radical (unpaired) electrons. The van der Waals surface area contributed by atoms with Gasteiger partial charge in [0.15, 0.2) is 6.23 Å². The maximum absolute atomic E-state index is 12.7. The van der Waals surface area contributed by atoms with Crippen molar-refractivity contribution in [3.63, 3.8) is 0 Å². The van der Waals surface area contributed by atoms with Gasteiger partial charge in [-0.3, -0.25) is 23.2 Å². The van der Waals surface area contributed by atoms with Crippen LogP contribution in [0.1, 0.15) is 55.9 Å². The van der Waals surface area contributed by atoms with Gasteiger partial charge in [-0.2, -0.15) is 16.7 Å². The number of ether oxygens (including phenoxy) is 7. The Hall–Kier alpha value is -4.49. The van der Waals surface area contributed by atoms with Crippen molar-refractivity contribution >= 4 is 57.2 Å². The normalized spacial score (nSPS) is 21.3. The van der Waals surface area contributed by atoms with Crippen LogP contribution in [0.15, 0.2) is 35.3 Å². The molecular formula is C43H68N8O21P2S. The van der Waals surface area contributed by atoms with Crippen LogP contribution >= 0.6 is 27.4 Å². The van der Waals surface area contributed by atoms with Crippen LogP contribution in [0.3, 0.4) is 0 Å². The predicted molar refractivity (Wildman–Crippen MR) is 264 cm³/mol. The van der Waals surface area contributed by atoms with E-state index >= 15 is 0 Å². The van der Waals surface area contributed by atoms with Crippen LogP contribution in [0, 0.1) is 0 Å². The molecule has 29 nitrogen and oxygen atoms in total. The molecule has 0 aliphatic carbocycles. The molecule has 12 N–H and O–H groups in total. The molecule has 3 aliphatic heterocycles. The SMILES string of the molecule is Nc1nc(=O)n([C@@H]2O[C@H](COP(=O)(O)O)C(OP(=O)(O)O)C2O)cc1CCCNC(=O)OCc1ccc(OCCNC(=O)CCOCCOCCOCCOCCNC(=O)CCCC[C@@H]2SC[C@@H]3NC(=O)N[C@@H]32)cc1. The van der Waals surface area contributed by atoms with Gasteiger partial charge in [0.25, 0.3) is 0 Å². The second-order valence-electron chi connectivity index (χ2n) is 17.1. The van der Waals surface area contributed by atoms with Crippen molar-refractivity contribution in [2.24, 2.45) is 0 Å². The molecule has 0 bridgehead atoms. The molecule has 1 aromatic carbocycles. The number of phosphoric acid groups is 2. The van der Waals surface area contributed by atoms with Gasteiger partial charge < -0.3 is 90.2 Å². The Morgan fingerprint density at radius 3 is 2.15 bits per heavy atom. The van der Waals surface area contributed by atoms with E-state index in [1.54, 1.807) is 24.3 Å². The molecule has 0 saturated carbocycles. The van der Waals surface area contributed by atoms with Crippen LogP contribution in [0.2, 0.25) is 0 Å². The highest BCUT2D eigenvalue weighted by Gasteiger charge is 2.49. The number of urea groups is 1. The van der Waals surface area contributed by atoms with Crippen LogP contribution in [0.5, 0.6) is 5.75 Å². The smallest absolute Gasteiger partial charge is 0.470 e. The van der Waals surface area contributed by atoms with E-state index in [9.17, 15) is 48.0 Å². The molecule has 2 aromatic rings. The third-order valence-electron chi connectivity index (χ3n) is 11.4. The van der Waals surface area contributed by atoms with E-state index in [0.29, 0.717) is 75.8 Å². The van der Waals surface area contributed by atoms with Gasteiger partial charge in [-0.05, 0) is 43.4 Å². The number of thioether (sulfide) groups is 1. The Morgan fingerprint density at radius 1 is 0.813 bits per heavy atom. The number of amides is 5. The molecule has 422 valence electrons. The summed E-state index contributed by atoms with van der Waals surface area (Å²) in [6.45, 7) is 2.81. The minimum Gasteiger partial charge on any atom is -0.492 e. The summed E-state index contributed by atoms with van der Waals surface area (Å²) in [4.78, 5) is 101. The topological polar surface area (TPSA) is 408 Å². The summed E-state index contributed by atoms with van der Waals surface area (Å²) >= 11 is 1.88. The number of carbonyl (C=O) groups is 4. The minimum absolute atomic E-state index is 0.00175. The first-order valence-electron chi connectivity index (χ1n) is 24.2. The molecular weight excluding hydrogens is 1060 g/mol. The van der Waals surface area contributed by atoms with E-state index in [-0.39, 0.29) is 93.5 Å². The van der Waals surface area contributed by atoms with Gasteiger partial charge in [-0.25, -0.2) is 23.5 Å². The van der Waals surface area contributed by atoms with Gasteiger partial charge in [0.05, 0.1) is 78.1 Å². The Bertz CT molecular complexity index is 2280. The highest BCUT2D eigenvalue weighted by Crippen LogP contribution is 2.45. The zero-order valence-electron chi connectivity index (χ0n) is 41.0. The average Bonchev–Trinajstić information content (AvgIpc) is 4.01. The summed E-state index contributed by atoms with van der Waals surface area (Å²) in [5.41, 5.74) is 5.83. The van der Waals surface area contributed by atoms with Crippen molar-refractivity contribution in [2.75, 3.05) is 97.2 Å². The fourth-order valence-corrected chi connectivity index (χ4v) is 10.3. The number of aromatic nitrogens is 2. The number of benzene rings is 1. The molecule has 5 amide bonds. The molecule has 5 rings (SSSR count). The van der Waals surface area contributed by atoms with Crippen molar-refractivity contribution in [1.82, 2.24) is 36.1 Å². The molecule has 75 heavy (non-hydrogen) atoms. The number of hydrogen-bond donors (Lipinski definition) is 11. The fraction of sp³-hybridized carbons (Fsp3) is 0.674. The third kappa shape index (κ3) is 22.9. The maximum atomic E-state index is 12.7. The lowest BCUT2D eigenvalue weighted by Gasteiger charge is -2.21. The standard InChI is InChI=1S/C43H68N8O21P2S/c44-39-29(24-51(42(56)50-39)40-37(54)38(72-74(61,62)63)32(71-40)26-70-73(58,59)60)4-3-12-47-43(57)69-25-28-7-9-30(10-8-28)68-17-14-46-35(53)11-15-64-18-20-66-22-23-67-21-19-65-16-13-45-34(52)6-2-1-5-33-36-31(27-75-33)48-41(55)49-36/h7-10,24,31-33,36-38,40,54H,1-6,11-23,25-27H2,(H,45,52)(H,46,53)(H,47,57)(H2,44,50,56)(H2,48,49,55)(H2,58,59,60)(H2,61,62,63)/t31-,32+,33-,36-,37?,38?,40+/m0/s1. The van der Waals surface area contributed by atoms with Crippen molar-refractivity contribution in [2.45, 2.75) is 93.4 Å². The highest BCUT2D eigenvalue weighted by molar-refractivity contribution is 8.00. The molecule has 3 aliphatic rings. The molecule has 4 heterocycles. The van der Waals surface area contributed by atoms with Crippen LogP contribution in [-0.4, -0.2) is 185 Å². The van der Waals surface area contributed by atoms with Crippen molar-refractivity contribution < 1.29 is 95.2 Å². The summed E-state index contributed by atoms with van der Waals surface area (Å²) in [6.07, 6.45) is -2.91. The first-order chi connectivity index (χ1) is 35.8. The van der Waals surface area contributed by atoms with Gasteiger partial charge in [0, 0.05) is 48.7 Å². The number of unbranched alkanes of at least 4 members (excludes halogenated alkanes) is 1. The number of aryl methyl sites for hydroxylation is 1. The van der Waals surface area contributed by atoms with E-state index in [0.717, 1.165) is 29.6 Å². The second-order valence-corrected chi connectivity index (χ2v) is 20.8. The Morgan fingerprint density at radius 2 is 1.47 bits per heavy atom. The fourth-order valence-electron chi connectivity index (χ4n) is 7.79. The molecule has 1 aromatic heterocycles. The molecule has 2 unspecified atom stereocenters. The molecule has 3 saturated heterocycles. The van der Waals surface area contributed by atoms with Gasteiger partial charge in [0.1, 0.15) is 43.1 Å². The van der Waals surface area contributed by atoms with Crippen LogP contribution in [0.25, 0.3) is 0 Å². The summed E-state index contributed by atoms with van der Waals surface area (Å²) in [7, 11) is -10.3. The van der Waals surface area contributed by atoms with Crippen LogP contribution < -0.4 is 42.7 Å². The summed E-state index contributed by atoms with van der Waals surface area (Å²) in [5, 5.41) is 25.3. The molecule has 3 fully saturated rings. The Balaban J connectivity index is 0.807. The number of nitrogen functional groups attached to an aromatic ring is 1. The number of nitrogens with zero attached hydrogens (tertiary/aromatic N) is 2. The largest absolute Gasteiger partial charge is 0.492 e. The molecule has 0 spiro atoms. The number of rotatable bonds is 36. The van der Waals surface area contributed by atoms with Crippen LogP contribution in [0.4, 0.5) is 15.4 Å². The summed E-state index contributed by atoms with van der Waals surface area (Å²) in [6, 6.07) is 7.09. The number of carbonyl (C=O) groups excluding carboxylic acids is 4. The Kier molecular flexibility index (Phi) is 25.9. The summed E-state index contributed by atoms with van der Waals surface area (Å²) in [5.74, 6) is 1.09. The van der Waals surface area contributed by atoms with E-state index in [1.165, 1.54) is 6.20 Å². The molecule has 7 atom stereocenters. The number of hydrogen-bond acceptors (Lipinski definition) is 20. The van der Waals surface area contributed by atoms with E-state index in [4.69, 9.17) is 48.7 Å². The quantitative estimate of drug-likeness (QED) is 0.0229. The van der Waals surface area contributed by atoms with Crippen molar-refractivity contribution in [3.05, 3.63) is 52.1 Å². The highest BCUT2D eigenvalue weighted by atomic mass is 32.2. The lowest BCUT2D eigenvalue weighted by molar-refractivity contribution is -0.122. The molecule has 32 heteroatoms. The van der Waals surface area contributed by atoms with Gasteiger partial charge >= 0.3 is 33.5 Å². The van der Waals surface area contributed by atoms with E-state index in [2.05, 4.69) is 40.6 Å². The number of nitrogens with one attached hydrogen (secondary N) is 5. The summed E-state index contributed by atoms with van der Waals surface area (Å²) < 4.78 is 70.8. The van der Waals surface area contributed by atoms with Gasteiger partial charge in [0.2, 0.25) is 11.8 Å². The monoisotopic (exact) mass is 1130 g/mol. The number of aliphatic hydroxyl groups excluding tert-OH is 1. The van der Waals surface area contributed by atoms with Gasteiger partial charge in [-0.15, -0.1) is 0 Å². The van der Waals surface area contributed by atoms with Crippen LogP contribution in [-0.2, 0) is 69.2 Å². The third-order valence-corrected chi connectivity index (χ3v) is 13.9. The van der Waals surface area contributed by atoms with E-state index < -0.39 is 58.6 Å². The number of anilines is 1. The lowest BCUT2D eigenvalue weighted by Crippen LogP contribution is -2.38. The van der Waals surface area contributed by atoms with Gasteiger partial charge in [-0.1, -0.05) is 18.6 Å². The van der Waals surface area contributed by atoms with Crippen molar-refractivity contribution in [1.29, 1.82) is 0 Å². The number of fused-ring (bicyclic) bond motifs is 1. The minimum atomic E-state index is -5.26. The number of alkyl carbamates (subject to hydrolysis) is 1. The lowest BCUT2D eigenvalue weighted by atomic mass is 10.0. The van der Waals surface area contributed by atoms with E-state index in [1.807, 2.05) is 11.8 Å². The zero-order valence-corrected chi connectivity index (χ0v) is 43.6. The predicted octanol–water partition coefficient (Wildman–Crippen LogP) is -0.676. The second kappa shape index (κ2) is 31.7. The zero-order chi connectivity index (χ0) is 54.2. The number of phosphoric ester groups is 2. The maximum Gasteiger partial charge on any atom is 0.470 e. The first kappa shape index (κ1) is 61.4. The number of nitrogens with two attached hydrogens (primary N) is 1. The average molecular weight is 1130 g/mol.